The first-order valence-corrected chi connectivity index (χ1v) is 8.59. The lowest BCUT2D eigenvalue weighted by atomic mass is 10.1. The molecule has 0 saturated carbocycles. The minimum atomic E-state index is -0.170. The number of nitrogens with one attached hydrogen (secondary N) is 1. The number of hydrogen-bond acceptors (Lipinski definition) is 6. The van der Waals surface area contributed by atoms with Crippen LogP contribution in [0.25, 0.3) is 0 Å². The van der Waals surface area contributed by atoms with E-state index >= 15 is 0 Å². The van der Waals surface area contributed by atoms with Crippen molar-refractivity contribution in [3.05, 3.63) is 53.9 Å². The van der Waals surface area contributed by atoms with E-state index in [4.69, 9.17) is 4.74 Å². The van der Waals surface area contributed by atoms with Gasteiger partial charge in [-0.3, -0.25) is 14.7 Å². The van der Waals surface area contributed by atoms with Crippen LogP contribution >= 0.6 is 0 Å². The number of hydrogen-bond donors (Lipinski definition) is 1. The molecular formula is C18H23N5O2. The van der Waals surface area contributed by atoms with E-state index in [1.54, 1.807) is 18.6 Å². The first kappa shape index (κ1) is 17.4. The fourth-order valence-electron chi connectivity index (χ4n) is 2.83. The van der Waals surface area contributed by atoms with Crippen LogP contribution in [0.2, 0.25) is 0 Å². The number of carbonyl (C=O) groups excluding carboxylic acids is 1. The van der Waals surface area contributed by atoms with Crippen LogP contribution in [-0.4, -0.2) is 58.6 Å². The Morgan fingerprint density at radius 2 is 2.00 bits per heavy atom. The van der Waals surface area contributed by atoms with Crippen LogP contribution in [-0.2, 0) is 11.2 Å². The SMILES string of the molecule is CCc1ncc(C(=O)NC[C@@H](c2ccccn2)N2CCOCC2)cn1. The first-order valence-electron chi connectivity index (χ1n) is 8.59. The van der Waals surface area contributed by atoms with E-state index < -0.39 is 0 Å². The van der Waals surface area contributed by atoms with Crippen molar-refractivity contribution in [2.75, 3.05) is 32.8 Å². The number of ether oxygens (including phenoxy) is 1. The summed E-state index contributed by atoms with van der Waals surface area (Å²) in [7, 11) is 0. The molecule has 2 aromatic rings. The number of pyridine rings is 1. The van der Waals surface area contributed by atoms with Crippen LogP contribution < -0.4 is 5.32 Å². The summed E-state index contributed by atoms with van der Waals surface area (Å²) in [6.07, 6.45) is 5.68. The third kappa shape index (κ3) is 4.58. The van der Waals surface area contributed by atoms with E-state index in [1.165, 1.54) is 0 Å². The summed E-state index contributed by atoms with van der Waals surface area (Å²) in [6, 6.07) is 5.87. The number of aromatic nitrogens is 3. The predicted octanol–water partition coefficient (Wildman–Crippen LogP) is 1.24. The molecule has 1 fully saturated rings. The Balaban J connectivity index is 1.68. The van der Waals surface area contributed by atoms with Gasteiger partial charge in [-0.15, -0.1) is 0 Å². The van der Waals surface area contributed by atoms with Gasteiger partial charge in [-0.05, 0) is 12.1 Å². The van der Waals surface area contributed by atoms with Crippen LogP contribution in [0.15, 0.2) is 36.8 Å². The Labute approximate surface area is 147 Å². The van der Waals surface area contributed by atoms with E-state index in [9.17, 15) is 4.79 Å². The molecule has 3 heterocycles. The monoisotopic (exact) mass is 341 g/mol. The fourth-order valence-corrected chi connectivity index (χ4v) is 2.83. The summed E-state index contributed by atoms with van der Waals surface area (Å²) in [5.41, 5.74) is 1.42. The van der Waals surface area contributed by atoms with E-state index in [1.807, 2.05) is 25.1 Å². The number of rotatable bonds is 6. The van der Waals surface area contributed by atoms with Gasteiger partial charge in [0.05, 0.1) is 30.5 Å². The topological polar surface area (TPSA) is 80.2 Å². The highest BCUT2D eigenvalue weighted by Gasteiger charge is 2.24. The number of amides is 1. The zero-order valence-electron chi connectivity index (χ0n) is 14.4. The van der Waals surface area contributed by atoms with Crippen molar-refractivity contribution in [3.63, 3.8) is 0 Å². The Hall–Kier alpha value is -2.38. The van der Waals surface area contributed by atoms with Crippen molar-refractivity contribution in [2.45, 2.75) is 19.4 Å². The van der Waals surface area contributed by atoms with E-state index in [-0.39, 0.29) is 11.9 Å². The quantitative estimate of drug-likeness (QED) is 0.851. The van der Waals surface area contributed by atoms with Crippen molar-refractivity contribution in [1.82, 2.24) is 25.2 Å². The summed E-state index contributed by atoms with van der Waals surface area (Å²) in [6.45, 7) is 5.50. The minimum absolute atomic E-state index is 0.0184. The van der Waals surface area contributed by atoms with Gasteiger partial charge >= 0.3 is 0 Å². The zero-order valence-corrected chi connectivity index (χ0v) is 14.4. The Bertz CT molecular complexity index is 672. The molecule has 1 saturated heterocycles. The molecule has 3 rings (SSSR count). The average Bonchev–Trinajstić information content (AvgIpc) is 2.70. The molecular weight excluding hydrogens is 318 g/mol. The zero-order chi connectivity index (χ0) is 17.5. The maximum absolute atomic E-state index is 12.4. The Morgan fingerprint density at radius 3 is 2.64 bits per heavy atom. The van der Waals surface area contributed by atoms with Crippen molar-refractivity contribution in [1.29, 1.82) is 0 Å². The van der Waals surface area contributed by atoms with E-state index in [0.29, 0.717) is 25.3 Å². The van der Waals surface area contributed by atoms with Crippen LogP contribution in [0.5, 0.6) is 0 Å². The lowest BCUT2D eigenvalue weighted by Crippen LogP contribution is -2.44. The molecule has 132 valence electrons. The van der Waals surface area contributed by atoms with Crippen LogP contribution in [0, 0.1) is 0 Å². The van der Waals surface area contributed by atoms with Gasteiger partial charge in [-0.2, -0.15) is 0 Å². The largest absolute Gasteiger partial charge is 0.379 e. The standard InChI is InChI=1S/C18H23N5O2/c1-2-17-20-11-14(12-21-17)18(24)22-13-16(15-5-3-4-6-19-15)23-7-9-25-10-8-23/h3-6,11-12,16H,2,7-10,13H2,1H3,(H,22,24)/t16-/m0/s1. The van der Waals surface area contributed by atoms with Gasteiger partial charge in [0.2, 0.25) is 0 Å². The van der Waals surface area contributed by atoms with Crippen molar-refractivity contribution < 1.29 is 9.53 Å². The van der Waals surface area contributed by atoms with E-state index in [0.717, 1.165) is 31.0 Å². The smallest absolute Gasteiger partial charge is 0.254 e. The molecule has 7 nitrogen and oxygen atoms in total. The lowest BCUT2D eigenvalue weighted by molar-refractivity contribution is 0.0154. The summed E-state index contributed by atoms with van der Waals surface area (Å²) in [5.74, 6) is 0.563. The summed E-state index contributed by atoms with van der Waals surface area (Å²) in [5, 5.41) is 2.99. The van der Waals surface area contributed by atoms with Gasteiger partial charge in [0.1, 0.15) is 5.82 Å². The third-order valence-corrected chi connectivity index (χ3v) is 4.26. The third-order valence-electron chi connectivity index (χ3n) is 4.26. The van der Waals surface area contributed by atoms with Gasteiger partial charge in [-0.25, -0.2) is 9.97 Å². The molecule has 1 aliphatic rings. The van der Waals surface area contributed by atoms with Crippen molar-refractivity contribution >= 4 is 5.91 Å². The van der Waals surface area contributed by atoms with E-state index in [2.05, 4.69) is 25.2 Å². The first-order chi connectivity index (χ1) is 12.3. The molecule has 1 atom stereocenters. The molecule has 0 aromatic carbocycles. The second-order valence-corrected chi connectivity index (χ2v) is 5.87. The molecule has 0 aliphatic carbocycles. The molecule has 7 heteroatoms. The molecule has 0 spiro atoms. The molecule has 1 amide bonds. The van der Waals surface area contributed by atoms with Crippen molar-refractivity contribution in [2.24, 2.45) is 0 Å². The summed E-state index contributed by atoms with van der Waals surface area (Å²) in [4.78, 5) is 27.5. The molecule has 25 heavy (non-hydrogen) atoms. The highest BCUT2D eigenvalue weighted by atomic mass is 16.5. The Morgan fingerprint density at radius 1 is 1.24 bits per heavy atom. The number of morpholine rings is 1. The van der Waals surface area contributed by atoms with Crippen molar-refractivity contribution in [3.8, 4) is 0 Å². The fraction of sp³-hybridized carbons (Fsp3) is 0.444. The second kappa shape index (κ2) is 8.64. The number of nitrogens with zero attached hydrogens (tertiary/aromatic N) is 4. The van der Waals surface area contributed by atoms with Gasteiger partial charge in [0.25, 0.3) is 5.91 Å². The maximum atomic E-state index is 12.4. The van der Waals surface area contributed by atoms with Gasteiger partial charge in [0.15, 0.2) is 0 Å². The highest BCUT2D eigenvalue weighted by molar-refractivity contribution is 5.93. The normalized spacial score (nSPS) is 16.4. The maximum Gasteiger partial charge on any atom is 0.254 e. The molecule has 0 bridgehead atoms. The van der Waals surface area contributed by atoms with Gasteiger partial charge < -0.3 is 10.1 Å². The summed E-state index contributed by atoms with van der Waals surface area (Å²) >= 11 is 0. The van der Waals surface area contributed by atoms with Crippen LogP contribution in [0.3, 0.4) is 0 Å². The lowest BCUT2D eigenvalue weighted by Gasteiger charge is -2.34. The Kier molecular flexibility index (Phi) is 6.03. The average molecular weight is 341 g/mol. The minimum Gasteiger partial charge on any atom is -0.379 e. The summed E-state index contributed by atoms with van der Waals surface area (Å²) < 4.78 is 5.44. The molecule has 1 aliphatic heterocycles. The second-order valence-electron chi connectivity index (χ2n) is 5.87. The van der Waals surface area contributed by atoms with Gasteiger partial charge in [-0.1, -0.05) is 13.0 Å². The molecule has 2 aromatic heterocycles. The highest BCUT2D eigenvalue weighted by Crippen LogP contribution is 2.19. The number of carbonyl (C=O) groups is 1. The molecule has 1 N–H and O–H groups in total. The number of aryl methyl sites for hydroxylation is 1. The van der Waals surface area contributed by atoms with Crippen LogP contribution in [0.1, 0.15) is 34.8 Å². The predicted molar refractivity (Wildman–Crippen MR) is 93.1 cm³/mol. The van der Waals surface area contributed by atoms with Gasteiger partial charge in [0, 0.05) is 44.6 Å². The van der Waals surface area contributed by atoms with Crippen LogP contribution in [0.4, 0.5) is 0 Å². The molecule has 0 unspecified atom stereocenters. The molecule has 0 radical (unpaired) electrons.